The fraction of sp³-hybridized carbons (Fsp3) is 0.182. The molecule has 0 aliphatic carbocycles. The van der Waals surface area contributed by atoms with Gasteiger partial charge in [-0.25, -0.2) is 4.79 Å². The van der Waals surface area contributed by atoms with Gasteiger partial charge in [0.05, 0.1) is 17.6 Å². The molecule has 0 aliphatic rings. The summed E-state index contributed by atoms with van der Waals surface area (Å²) in [6.45, 7) is 1.23. The highest BCUT2D eigenvalue weighted by atomic mass is 35.5. The third kappa shape index (κ3) is 2.78. The largest absolute Gasteiger partial charge is 0.512 e. The molecule has 0 saturated heterocycles. The average molecular weight is 272 g/mol. The molecule has 1 aromatic rings. The number of benzene rings is 1. The van der Waals surface area contributed by atoms with Crippen LogP contribution >= 0.6 is 11.6 Å². The van der Waals surface area contributed by atoms with Crippen molar-refractivity contribution in [1.82, 2.24) is 0 Å². The van der Waals surface area contributed by atoms with Gasteiger partial charge in [0.15, 0.2) is 0 Å². The van der Waals surface area contributed by atoms with Crippen LogP contribution in [0.25, 0.3) is 5.57 Å². The zero-order valence-electron chi connectivity index (χ0n) is 9.64. The van der Waals surface area contributed by atoms with Gasteiger partial charge in [-0.1, -0.05) is 11.6 Å². The quantitative estimate of drug-likeness (QED) is 0.300. The molecule has 0 atom stereocenters. The first kappa shape index (κ1) is 14.0. The van der Waals surface area contributed by atoms with Gasteiger partial charge in [-0.3, -0.25) is 10.1 Å². The number of carbonyl (C=O) groups is 1. The summed E-state index contributed by atoms with van der Waals surface area (Å²) >= 11 is 5.74. The number of nitro groups is 1. The lowest BCUT2D eigenvalue weighted by atomic mass is 10.0. The minimum atomic E-state index is -0.875. The zero-order chi connectivity index (χ0) is 13.9. The molecule has 1 rings (SSSR count). The lowest BCUT2D eigenvalue weighted by molar-refractivity contribution is -0.385. The van der Waals surface area contributed by atoms with Crippen molar-refractivity contribution >= 4 is 28.8 Å². The average Bonchev–Trinajstić information content (AvgIpc) is 2.28. The van der Waals surface area contributed by atoms with Crippen molar-refractivity contribution in [3.05, 3.63) is 44.7 Å². The molecular formula is C11H10ClNO5. The number of hydrogen-bond donors (Lipinski definition) is 1. The van der Waals surface area contributed by atoms with Crippen molar-refractivity contribution in [2.45, 2.75) is 6.92 Å². The number of hydrogen-bond acceptors (Lipinski definition) is 5. The van der Waals surface area contributed by atoms with Crippen molar-refractivity contribution < 1.29 is 19.6 Å². The van der Waals surface area contributed by atoms with Crippen LogP contribution in [0.2, 0.25) is 5.02 Å². The maximum Gasteiger partial charge on any atom is 0.342 e. The first-order chi connectivity index (χ1) is 8.38. The number of nitro benzene ring substituents is 1. The number of methoxy groups -OCH3 is 1. The topological polar surface area (TPSA) is 89.7 Å². The molecule has 1 N–H and O–H groups in total. The van der Waals surface area contributed by atoms with Crippen LogP contribution in [0.4, 0.5) is 5.69 Å². The first-order valence-electron chi connectivity index (χ1n) is 4.81. The van der Waals surface area contributed by atoms with Crippen LogP contribution in [0.5, 0.6) is 0 Å². The van der Waals surface area contributed by atoms with Gasteiger partial charge in [-0.15, -0.1) is 0 Å². The van der Waals surface area contributed by atoms with Crippen molar-refractivity contribution in [1.29, 1.82) is 0 Å². The summed E-state index contributed by atoms with van der Waals surface area (Å²) in [5, 5.41) is 20.6. The molecule has 6 nitrogen and oxygen atoms in total. The monoisotopic (exact) mass is 271 g/mol. The second-order valence-corrected chi connectivity index (χ2v) is 3.81. The second-order valence-electron chi connectivity index (χ2n) is 3.37. The summed E-state index contributed by atoms with van der Waals surface area (Å²) in [7, 11) is 1.11. The molecule has 0 heterocycles. The molecule has 0 saturated carbocycles. The van der Waals surface area contributed by atoms with E-state index in [2.05, 4.69) is 4.74 Å². The highest BCUT2D eigenvalue weighted by Gasteiger charge is 2.25. The molecule has 0 aliphatic heterocycles. The van der Waals surface area contributed by atoms with E-state index in [1.807, 2.05) is 0 Å². The Hall–Kier alpha value is -2.08. The maximum absolute atomic E-state index is 11.5. The lowest BCUT2D eigenvalue weighted by Gasteiger charge is -2.08. The highest BCUT2D eigenvalue weighted by molar-refractivity contribution is 6.31. The fourth-order valence-corrected chi connectivity index (χ4v) is 1.59. The SMILES string of the molecule is COC(=O)/C(=C(\C)O)c1cc(Cl)ccc1[N+](=O)[O-]. The number of allylic oxidation sites excluding steroid dienone is 1. The van der Waals surface area contributed by atoms with Crippen LogP contribution < -0.4 is 0 Å². The number of aliphatic hydroxyl groups is 1. The van der Waals surface area contributed by atoms with E-state index in [1.165, 1.54) is 19.1 Å². The molecule has 18 heavy (non-hydrogen) atoms. The van der Waals surface area contributed by atoms with Crippen LogP contribution in [-0.4, -0.2) is 23.1 Å². The number of aliphatic hydroxyl groups excluding tert-OH is 1. The molecule has 0 spiro atoms. The number of carbonyl (C=O) groups excluding carboxylic acids is 1. The molecule has 0 fully saturated rings. The smallest absolute Gasteiger partial charge is 0.342 e. The normalized spacial score (nSPS) is 11.7. The zero-order valence-corrected chi connectivity index (χ0v) is 10.4. The Kier molecular flexibility index (Phi) is 4.28. The van der Waals surface area contributed by atoms with Crippen LogP contribution in [0, 0.1) is 10.1 Å². The van der Waals surface area contributed by atoms with E-state index in [4.69, 9.17) is 11.6 Å². The predicted octanol–water partition coefficient (Wildman–Crippen LogP) is 2.71. The van der Waals surface area contributed by atoms with Crippen LogP contribution in [0.1, 0.15) is 12.5 Å². The summed E-state index contributed by atoms with van der Waals surface area (Å²) in [6.07, 6.45) is 0. The number of rotatable bonds is 3. The maximum atomic E-state index is 11.5. The van der Waals surface area contributed by atoms with Crippen LogP contribution in [0.15, 0.2) is 24.0 Å². The van der Waals surface area contributed by atoms with Crippen molar-refractivity contribution in [3.63, 3.8) is 0 Å². The first-order valence-corrected chi connectivity index (χ1v) is 5.18. The van der Waals surface area contributed by atoms with E-state index in [1.54, 1.807) is 0 Å². The van der Waals surface area contributed by atoms with Gasteiger partial charge >= 0.3 is 5.97 Å². The lowest BCUT2D eigenvalue weighted by Crippen LogP contribution is -2.08. The fourth-order valence-electron chi connectivity index (χ4n) is 1.42. The minimum absolute atomic E-state index is 0.0839. The van der Waals surface area contributed by atoms with Crippen LogP contribution in [0.3, 0.4) is 0 Å². The molecule has 0 bridgehead atoms. The molecule has 0 radical (unpaired) electrons. The van der Waals surface area contributed by atoms with Crippen molar-refractivity contribution in [2.24, 2.45) is 0 Å². The minimum Gasteiger partial charge on any atom is -0.512 e. The Morgan fingerprint density at radius 1 is 1.50 bits per heavy atom. The Bertz CT molecular complexity index is 534. The van der Waals surface area contributed by atoms with Gasteiger partial charge < -0.3 is 9.84 Å². The van der Waals surface area contributed by atoms with E-state index in [9.17, 15) is 20.0 Å². The molecular weight excluding hydrogens is 262 g/mol. The highest BCUT2D eigenvalue weighted by Crippen LogP contribution is 2.31. The Labute approximate surface area is 108 Å². The van der Waals surface area contributed by atoms with Gasteiger partial charge in [-0.2, -0.15) is 0 Å². The number of esters is 1. The molecule has 0 aromatic heterocycles. The number of nitrogens with zero attached hydrogens (tertiary/aromatic N) is 1. The van der Waals surface area contributed by atoms with Gasteiger partial charge in [0.25, 0.3) is 5.69 Å². The van der Waals surface area contributed by atoms with Gasteiger partial charge in [-0.05, 0) is 19.1 Å². The molecule has 0 amide bonds. The molecule has 7 heteroatoms. The Balaban J connectivity index is 3.55. The van der Waals surface area contributed by atoms with Crippen molar-refractivity contribution in [2.75, 3.05) is 7.11 Å². The van der Waals surface area contributed by atoms with E-state index in [-0.39, 0.29) is 27.6 Å². The number of halogens is 1. The molecule has 1 aromatic carbocycles. The van der Waals surface area contributed by atoms with E-state index in [0.717, 1.165) is 13.2 Å². The Morgan fingerprint density at radius 2 is 2.11 bits per heavy atom. The van der Waals surface area contributed by atoms with Crippen LogP contribution in [-0.2, 0) is 9.53 Å². The number of ether oxygens (including phenoxy) is 1. The predicted molar refractivity (Wildman–Crippen MR) is 65.3 cm³/mol. The molecule has 0 unspecified atom stereocenters. The summed E-state index contributed by atoms with van der Waals surface area (Å²) < 4.78 is 4.48. The van der Waals surface area contributed by atoms with Gasteiger partial charge in [0.2, 0.25) is 0 Å². The Morgan fingerprint density at radius 3 is 2.56 bits per heavy atom. The standard InChI is InChI=1S/C11H10ClNO5/c1-6(14)10(11(15)18-2)8-5-7(12)3-4-9(8)13(16)17/h3-5,14H,1-2H3/b10-6+. The summed E-state index contributed by atoms with van der Waals surface area (Å²) in [5.41, 5.74) is -0.709. The van der Waals surface area contributed by atoms with E-state index in [0.29, 0.717) is 0 Å². The second kappa shape index (κ2) is 5.50. The summed E-state index contributed by atoms with van der Waals surface area (Å²) in [5.74, 6) is -1.26. The third-order valence-electron chi connectivity index (χ3n) is 2.18. The van der Waals surface area contributed by atoms with E-state index < -0.39 is 10.9 Å². The van der Waals surface area contributed by atoms with E-state index >= 15 is 0 Å². The van der Waals surface area contributed by atoms with Crippen molar-refractivity contribution in [3.8, 4) is 0 Å². The molecule has 96 valence electrons. The van der Waals surface area contributed by atoms with Gasteiger partial charge in [0.1, 0.15) is 11.3 Å². The van der Waals surface area contributed by atoms with Gasteiger partial charge in [0, 0.05) is 11.1 Å². The third-order valence-corrected chi connectivity index (χ3v) is 2.41. The summed E-state index contributed by atoms with van der Waals surface area (Å²) in [4.78, 5) is 21.7. The summed E-state index contributed by atoms with van der Waals surface area (Å²) in [6, 6.07) is 3.71.